The summed E-state index contributed by atoms with van der Waals surface area (Å²) >= 11 is 0. The number of unbranched alkanes of at least 4 members (excludes halogenated alkanes) is 13. The van der Waals surface area contributed by atoms with Crippen LogP contribution in [0.5, 0.6) is 0 Å². The first-order valence-corrected chi connectivity index (χ1v) is 22.1. The molecule has 10 N–H and O–H groups in total. The summed E-state index contributed by atoms with van der Waals surface area (Å²) in [4.78, 5) is 99.3. The van der Waals surface area contributed by atoms with Crippen molar-refractivity contribution in [3.05, 3.63) is 35.9 Å². The van der Waals surface area contributed by atoms with Crippen molar-refractivity contribution < 1.29 is 53.7 Å². The Bertz CT molecular complexity index is 1490. The summed E-state index contributed by atoms with van der Waals surface area (Å²) in [7, 11) is 0. The van der Waals surface area contributed by atoms with Crippen molar-refractivity contribution in [1.82, 2.24) is 26.6 Å². The van der Waals surface area contributed by atoms with E-state index in [1.54, 1.807) is 30.3 Å². The van der Waals surface area contributed by atoms with Crippen LogP contribution in [0.3, 0.4) is 0 Å². The molecule has 0 spiro atoms. The molecule has 344 valence electrons. The minimum atomic E-state index is -1.45. The molecule has 5 amide bonds. The van der Waals surface area contributed by atoms with Gasteiger partial charge >= 0.3 is 17.9 Å². The molecular formula is C44H72N6O11. The fraction of sp³-hybridized carbons (Fsp3) is 0.682. The lowest BCUT2D eigenvalue weighted by molar-refractivity contribution is -0.143. The van der Waals surface area contributed by atoms with Crippen LogP contribution in [0, 0.1) is 0 Å². The summed E-state index contributed by atoms with van der Waals surface area (Å²) in [6.45, 7) is 3.78. The second-order valence-electron chi connectivity index (χ2n) is 15.8. The molecule has 1 rings (SSSR count). The molecule has 0 saturated heterocycles. The molecule has 1 aromatic rings. The number of hydrogen-bond acceptors (Lipinski definition) is 9. The molecule has 0 aromatic heterocycles. The maximum atomic E-state index is 13.4. The lowest BCUT2D eigenvalue weighted by Crippen LogP contribution is -2.57. The third-order valence-corrected chi connectivity index (χ3v) is 10.3. The smallest absolute Gasteiger partial charge is 0.326 e. The van der Waals surface area contributed by atoms with Crippen molar-refractivity contribution in [2.75, 3.05) is 6.54 Å². The Morgan fingerprint density at radius 1 is 0.525 bits per heavy atom. The maximum Gasteiger partial charge on any atom is 0.326 e. The lowest BCUT2D eigenvalue weighted by Gasteiger charge is -2.25. The van der Waals surface area contributed by atoms with Gasteiger partial charge in [0.15, 0.2) is 0 Å². The molecule has 1 aromatic carbocycles. The molecule has 0 aliphatic rings. The number of carboxylic acids is 3. The zero-order valence-corrected chi connectivity index (χ0v) is 36.2. The normalized spacial score (nSPS) is 13.4. The highest BCUT2D eigenvalue weighted by atomic mass is 16.4. The van der Waals surface area contributed by atoms with Gasteiger partial charge in [-0.3, -0.25) is 28.8 Å². The molecule has 0 heterocycles. The highest BCUT2D eigenvalue weighted by molar-refractivity contribution is 5.94. The van der Waals surface area contributed by atoms with E-state index in [2.05, 4.69) is 33.5 Å². The van der Waals surface area contributed by atoms with Crippen molar-refractivity contribution in [3.8, 4) is 0 Å². The van der Waals surface area contributed by atoms with E-state index in [0.717, 1.165) is 19.3 Å². The molecule has 17 nitrogen and oxygen atoms in total. The molecule has 0 aliphatic carbocycles. The number of nitrogens with two attached hydrogens (primary N) is 1. The van der Waals surface area contributed by atoms with Crippen LogP contribution in [0.4, 0.5) is 0 Å². The number of rotatable bonds is 36. The monoisotopic (exact) mass is 861 g/mol. The number of aliphatic carboxylic acids is 3. The van der Waals surface area contributed by atoms with Gasteiger partial charge in [0.05, 0.1) is 6.04 Å². The zero-order valence-electron chi connectivity index (χ0n) is 36.2. The summed E-state index contributed by atoms with van der Waals surface area (Å²) < 4.78 is 0. The van der Waals surface area contributed by atoms with Crippen molar-refractivity contribution in [1.29, 1.82) is 0 Å². The van der Waals surface area contributed by atoms with Gasteiger partial charge in [0.2, 0.25) is 29.5 Å². The Morgan fingerprint density at radius 3 is 1.54 bits per heavy atom. The molecule has 0 fully saturated rings. The molecular weight excluding hydrogens is 789 g/mol. The first-order chi connectivity index (χ1) is 29.1. The van der Waals surface area contributed by atoms with Crippen LogP contribution in [-0.4, -0.2) is 99.5 Å². The number of benzene rings is 1. The number of carboxylic acid groups (broad SMARTS) is 3. The van der Waals surface area contributed by atoms with Gasteiger partial charge < -0.3 is 47.6 Å². The minimum Gasteiger partial charge on any atom is -0.481 e. The van der Waals surface area contributed by atoms with Crippen LogP contribution in [0.1, 0.15) is 154 Å². The Kier molecular flexibility index (Phi) is 28.9. The van der Waals surface area contributed by atoms with E-state index in [9.17, 15) is 53.7 Å². The third-order valence-electron chi connectivity index (χ3n) is 10.3. The number of carbonyl (C=O) groups excluding carboxylic acids is 5. The predicted octanol–water partition coefficient (Wildman–Crippen LogP) is 4.10. The largest absolute Gasteiger partial charge is 0.481 e. The molecule has 61 heavy (non-hydrogen) atoms. The molecule has 0 radical (unpaired) electrons. The van der Waals surface area contributed by atoms with E-state index < -0.39 is 78.2 Å². The van der Waals surface area contributed by atoms with Gasteiger partial charge in [-0.15, -0.1) is 0 Å². The average Bonchev–Trinajstić information content (AvgIpc) is 3.21. The van der Waals surface area contributed by atoms with Gasteiger partial charge in [-0.05, 0) is 51.0 Å². The maximum absolute atomic E-state index is 13.4. The summed E-state index contributed by atoms with van der Waals surface area (Å²) in [5.41, 5.74) is 6.32. The van der Waals surface area contributed by atoms with Gasteiger partial charge in [0.1, 0.15) is 24.2 Å². The van der Waals surface area contributed by atoms with Crippen molar-refractivity contribution in [2.24, 2.45) is 5.73 Å². The van der Waals surface area contributed by atoms with Crippen LogP contribution >= 0.6 is 0 Å². The molecule has 0 unspecified atom stereocenters. The number of hydrogen-bond donors (Lipinski definition) is 9. The predicted molar refractivity (Wildman–Crippen MR) is 230 cm³/mol. The first-order valence-electron chi connectivity index (χ1n) is 22.1. The van der Waals surface area contributed by atoms with Crippen LogP contribution < -0.4 is 32.3 Å². The average molecular weight is 861 g/mol. The van der Waals surface area contributed by atoms with E-state index in [1.807, 2.05) is 0 Å². The highest BCUT2D eigenvalue weighted by Crippen LogP contribution is 2.14. The lowest BCUT2D eigenvalue weighted by atomic mass is 10.0. The topological polar surface area (TPSA) is 283 Å². The summed E-state index contributed by atoms with van der Waals surface area (Å²) in [6.07, 6.45) is 14.9. The van der Waals surface area contributed by atoms with E-state index in [1.165, 1.54) is 64.7 Å². The van der Waals surface area contributed by atoms with Crippen LogP contribution in [0.25, 0.3) is 0 Å². The minimum absolute atomic E-state index is 0.0333. The Labute approximate surface area is 360 Å². The fourth-order valence-corrected chi connectivity index (χ4v) is 6.60. The summed E-state index contributed by atoms with van der Waals surface area (Å²) in [6, 6.07) is 2.27. The number of amides is 5. The van der Waals surface area contributed by atoms with Gasteiger partial charge in [-0.1, -0.05) is 114 Å². The molecule has 0 saturated carbocycles. The zero-order chi connectivity index (χ0) is 45.4. The van der Waals surface area contributed by atoms with Crippen LogP contribution in [0.15, 0.2) is 30.3 Å². The molecule has 0 aliphatic heterocycles. The van der Waals surface area contributed by atoms with Gasteiger partial charge in [-0.25, -0.2) is 9.59 Å². The van der Waals surface area contributed by atoms with Crippen molar-refractivity contribution in [3.63, 3.8) is 0 Å². The third kappa shape index (κ3) is 26.7. The fourth-order valence-electron chi connectivity index (χ4n) is 6.60. The Hall–Kier alpha value is -5.06. The molecule has 5 atom stereocenters. The van der Waals surface area contributed by atoms with Gasteiger partial charge in [0, 0.05) is 32.2 Å². The van der Waals surface area contributed by atoms with Crippen molar-refractivity contribution >= 4 is 47.4 Å². The van der Waals surface area contributed by atoms with Gasteiger partial charge in [-0.2, -0.15) is 0 Å². The van der Waals surface area contributed by atoms with Crippen molar-refractivity contribution in [2.45, 2.75) is 185 Å². The van der Waals surface area contributed by atoms with E-state index in [-0.39, 0.29) is 57.4 Å². The quantitative estimate of drug-likeness (QED) is 0.0432. The van der Waals surface area contributed by atoms with E-state index in [0.29, 0.717) is 18.4 Å². The van der Waals surface area contributed by atoms with E-state index >= 15 is 0 Å². The van der Waals surface area contributed by atoms with Crippen LogP contribution in [-0.2, 0) is 44.8 Å². The summed E-state index contributed by atoms with van der Waals surface area (Å²) in [5.74, 6) is -7.04. The second kappa shape index (κ2) is 32.7. The second-order valence-corrected chi connectivity index (χ2v) is 15.8. The Morgan fingerprint density at radius 2 is 1.02 bits per heavy atom. The molecule has 0 bridgehead atoms. The standard InChI is InChI=1S/C44H72N6O11/c1-3-4-5-6-7-8-9-10-11-12-13-14-18-24-38(52)47-35(43(58)59)25-27-37(51)46-29-20-19-23-33(48-40(55)31(2)45)41(56)49-34(26-28-39(53)54)42(57)50-36(44(60)61)30-32-21-16-15-17-22-32/h15-17,21-22,31,33-36H,3-14,18-20,23-30,45H2,1-2H3,(H,46,51)(H,47,52)(H,48,55)(H,49,56)(H,50,57)(H,53,54)(H,58,59)(H,60,61)/t31-,33-,34-,35-,36-/m0/s1. The SMILES string of the molecule is CCCCCCCCCCCCCCCC(=O)N[C@@H](CCC(=O)NCCCC[C@H](NC(=O)[C@H](C)N)C(=O)N[C@@H](CCC(=O)O)C(=O)N[C@@H](Cc1ccccc1)C(=O)O)C(=O)O. The Balaban J connectivity index is 2.57. The van der Waals surface area contributed by atoms with E-state index in [4.69, 9.17) is 5.73 Å². The molecule has 17 heteroatoms. The highest BCUT2D eigenvalue weighted by Gasteiger charge is 2.30. The summed E-state index contributed by atoms with van der Waals surface area (Å²) in [5, 5.41) is 41.2. The first kappa shape index (κ1) is 54.0. The number of carbonyl (C=O) groups is 8. The van der Waals surface area contributed by atoms with Gasteiger partial charge in [0.25, 0.3) is 0 Å². The van der Waals surface area contributed by atoms with Crippen LogP contribution in [0.2, 0.25) is 0 Å². The number of nitrogens with one attached hydrogen (secondary N) is 5.